The average Bonchev–Trinajstić information content (AvgIpc) is 3.41. The highest BCUT2D eigenvalue weighted by Gasteiger charge is 2.74. The van der Waals surface area contributed by atoms with E-state index in [1.807, 2.05) is 13.8 Å². The number of nitrogens with zero attached hydrogens (tertiary/aromatic N) is 2. The Balaban J connectivity index is 1.96. The molecule has 2 bridgehead atoms. The van der Waals surface area contributed by atoms with Crippen molar-refractivity contribution in [3.05, 3.63) is 25.3 Å². The van der Waals surface area contributed by atoms with E-state index in [0.29, 0.717) is 26.0 Å². The van der Waals surface area contributed by atoms with Gasteiger partial charge in [0.2, 0.25) is 11.8 Å². The molecule has 3 rings (SSSR count). The first-order valence-electron chi connectivity index (χ1n) is 11.5. The van der Waals surface area contributed by atoms with E-state index in [2.05, 4.69) is 13.2 Å². The zero-order chi connectivity index (χ0) is 23.6. The predicted molar refractivity (Wildman–Crippen MR) is 125 cm³/mol. The van der Waals surface area contributed by atoms with Crippen LogP contribution in [0.15, 0.2) is 25.3 Å². The Morgan fingerprint density at radius 1 is 1.34 bits per heavy atom. The van der Waals surface area contributed by atoms with Gasteiger partial charge in [-0.2, -0.15) is 0 Å². The zero-order valence-electron chi connectivity index (χ0n) is 19.4. The van der Waals surface area contributed by atoms with Gasteiger partial charge in [0.25, 0.3) is 0 Å². The molecule has 6 atom stereocenters. The van der Waals surface area contributed by atoms with Crippen LogP contribution in [0.2, 0.25) is 0 Å². The number of likely N-dealkylation sites (tertiary alicyclic amines) is 1. The van der Waals surface area contributed by atoms with Crippen molar-refractivity contribution in [1.82, 2.24) is 9.80 Å². The minimum atomic E-state index is -0.710. The van der Waals surface area contributed by atoms with Crippen molar-refractivity contribution in [2.24, 2.45) is 11.8 Å². The van der Waals surface area contributed by atoms with E-state index in [-0.39, 0.29) is 35.7 Å². The maximum absolute atomic E-state index is 13.9. The van der Waals surface area contributed by atoms with Gasteiger partial charge < -0.3 is 19.6 Å². The van der Waals surface area contributed by atoms with E-state index < -0.39 is 28.7 Å². The summed E-state index contributed by atoms with van der Waals surface area (Å²) >= 11 is 1.61. The van der Waals surface area contributed by atoms with Gasteiger partial charge in [-0.05, 0) is 46.5 Å². The number of aliphatic hydroxyl groups excluding tert-OH is 1. The number of thioether (sulfide) groups is 1. The molecule has 2 amide bonds. The Morgan fingerprint density at radius 2 is 2.06 bits per heavy atom. The van der Waals surface area contributed by atoms with Gasteiger partial charge >= 0.3 is 5.97 Å². The lowest BCUT2D eigenvalue weighted by Crippen LogP contribution is -2.58. The number of carbonyl (C=O) groups is 3. The number of unbranched alkanes of at least 4 members (excludes halogenated alkanes) is 1. The second-order valence-corrected chi connectivity index (χ2v) is 10.9. The molecule has 32 heavy (non-hydrogen) atoms. The summed E-state index contributed by atoms with van der Waals surface area (Å²) in [6, 6.07) is -1.29. The summed E-state index contributed by atoms with van der Waals surface area (Å²) < 4.78 is 4.88. The average molecular weight is 465 g/mol. The van der Waals surface area contributed by atoms with E-state index in [0.717, 1.165) is 12.8 Å². The lowest BCUT2D eigenvalue weighted by Gasteiger charge is -2.40. The number of fused-ring (bicyclic) bond motifs is 1. The molecule has 3 heterocycles. The Bertz CT molecular complexity index is 771. The molecule has 0 aromatic carbocycles. The van der Waals surface area contributed by atoms with Crippen LogP contribution in [0.4, 0.5) is 0 Å². The summed E-state index contributed by atoms with van der Waals surface area (Å²) in [5.74, 6) is -1.84. The van der Waals surface area contributed by atoms with Gasteiger partial charge in [-0.3, -0.25) is 14.4 Å². The topological polar surface area (TPSA) is 87.1 Å². The van der Waals surface area contributed by atoms with Crippen LogP contribution < -0.4 is 0 Å². The first-order valence-corrected chi connectivity index (χ1v) is 12.4. The molecule has 0 aromatic rings. The minimum Gasteiger partial charge on any atom is -0.465 e. The number of hydrogen-bond acceptors (Lipinski definition) is 6. The maximum Gasteiger partial charge on any atom is 0.310 e. The molecule has 0 radical (unpaired) electrons. The number of aliphatic hydroxyl groups is 1. The SMILES string of the molecule is C=CCCCOC(=O)[C@@H]1[C@H]2C(=O)N([C@H](C)CO)C(C(=O)N(CC=C)C(C)C)C23CC[C@H]1S3. The number of ether oxygens (including phenoxy) is 1. The number of carbonyl (C=O) groups excluding carboxylic acids is 3. The standard InChI is InChI=1S/C24H36N2O5S/c1-6-8-9-13-31-23(30)18-17-10-11-24(32-17)19(18)21(28)26(16(5)14-27)20(24)22(29)25(12-7-2)15(3)4/h6-7,15-20,27H,1-2,8-14H2,3-5H3/t16-,17-,18+,19+,20?,24?/m1/s1. The first-order chi connectivity index (χ1) is 15.2. The van der Waals surface area contributed by atoms with Crippen molar-refractivity contribution >= 4 is 29.5 Å². The van der Waals surface area contributed by atoms with Crippen LogP contribution in [0, 0.1) is 11.8 Å². The lowest BCUT2D eigenvalue weighted by molar-refractivity contribution is -0.154. The van der Waals surface area contributed by atoms with Crippen LogP contribution in [0.3, 0.4) is 0 Å². The van der Waals surface area contributed by atoms with Gasteiger partial charge in [-0.25, -0.2) is 0 Å². The monoisotopic (exact) mass is 464 g/mol. The van der Waals surface area contributed by atoms with Crippen molar-refractivity contribution in [2.45, 2.75) is 74.6 Å². The molecule has 0 aromatic heterocycles. The summed E-state index contributed by atoms with van der Waals surface area (Å²) in [6.45, 7) is 13.5. The first kappa shape index (κ1) is 24.8. The molecule has 1 N–H and O–H groups in total. The fourth-order valence-corrected chi connectivity index (χ4v) is 7.74. The molecule has 3 fully saturated rings. The number of esters is 1. The quantitative estimate of drug-likeness (QED) is 0.287. The molecule has 3 aliphatic heterocycles. The van der Waals surface area contributed by atoms with Crippen molar-refractivity contribution in [1.29, 1.82) is 0 Å². The Kier molecular flexibility index (Phi) is 7.76. The van der Waals surface area contributed by atoms with Crippen molar-refractivity contribution in [3.63, 3.8) is 0 Å². The highest BCUT2D eigenvalue weighted by Crippen LogP contribution is 2.66. The van der Waals surface area contributed by atoms with E-state index in [9.17, 15) is 19.5 Å². The van der Waals surface area contributed by atoms with Gasteiger partial charge in [0.15, 0.2) is 0 Å². The minimum absolute atomic E-state index is 0.0235. The fourth-order valence-electron chi connectivity index (χ4n) is 5.55. The van der Waals surface area contributed by atoms with Crippen LogP contribution in [0.5, 0.6) is 0 Å². The highest BCUT2D eigenvalue weighted by atomic mass is 32.2. The van der Waals surface area contributed by atoms with Gasteiger partial charge in [0.05, 0.1) is 35.8 Å². The molecule has 7 nitrogen and oxygen atoms in total. The summed E-state index contributed by atoms with van der Waals surface area (Å²) in [7, 11) is 0. The third kappa shape index (κ3) is 4.00. The number of rotatable bonds is 11. The van der Waals surface area contributed by atoms with Crippen molar-refractivity contribution in [2.75, 3.05) is 19.8 Å². The van der Waals surface area contributed by atoms with Gasteiger partial charge in [0, 0.05) is 17.8 Å². The maximum atomic E-state index is 13.9. The number of amides is 2. The lowest BCUT2D eigenvalue weighted by atomic mass is 9.71. The van der Waals surface area contributed by atoms with Gasteiger partial charge in [-0.15, -0.1) is 24.9 Å². The van der Waals surface area contributed by atoms with Crippen LogP contribution in [0.1, 0.15) is 46.5 Å². The molecule has 3 saturated heterocycles. The van der Waals surface area contributed by atoms with Gasteiger partial charge in [0.1, 0.15) is 6.04 Å². The molecule has 2 unspecified atom stereocenters. The molecular weight excluding hydrogens is 428 g/mol. The summed E-state index contributed by atoms with van der Waals surface area (Å²) in [4.78, 5) is 43.9. The van der Waals surface area contributed by atoms with Crippen LogP contribution in [-0.4, -0.2) is 80.6 Å². The summed E-state index contributed by atoms with van der Waals surface area (Å²) in [5.41, 5.74) is 0. The second kappa shape index (κ2) is 10.00. The molecule has 8 heteroatoms. The van der Waals surface area contributed by atoms with E-state index in [1.165, 1.54) is 0 Å². The van der Waals surface area contributed by atoms with Crippen LogP contribution in [0.25, 0.3) is 0 Å². The second-order valence-electron chi connectivity index (χ2n) is 9.30. The molecule has 3 aliphatic rings. The third-order valence-electron chi connectivity index (χ3n) is 7.01. The highest BCUT2D eigenvalue weighted by molar-refractivity contribution is 8.02. The normalized spacial score (nSPS) is 31.5. The van der Waals surface area contributed by atoms with Gasteiger partial charge in [-0.1, -0.05) is 12.2 Å². The smallest absolute Gasteiger partial charge is 0.310 e. The third-order valence-corrected chi connectivity index (χ3v) is 8.96. The predicted octanol–water partition coefficient (Wildman–Crippen LogP) is 2.39. The Labute approximate surface area is 195 Å². The summed E-state index contributed by atoms with van der Waals surface area (Å²) in [5, 5.41) is 9.87. The summed E-state index contributed by atoms with van der Waals surface area (Å²) in [6.07, 6.45) is 6.40. The van der Waals surface area contributed by atoms with E-state index in [4.69, 9.17) is 4.74 Å². The molecule has 0 aliphatic carbocycles. The largest absolute Gasteiger partial charge is 0.465 e. The molecule has 1 spiro atoms. The molecule has 178 valence electrons. The zero-order valence-corrected chi connectivity index (χ0v) is 20.2. The fraction of sp³-hybridized carbons (Fsp3) is 0.708. The van der Waals surface area contributed by atoms with Crippen molar-refractivity contribution < 1.29 is 24.2 Å². The van der Waals surface area contributed by atoms with Crippen LogP contribution >= 0.6 is 11.8 Å². The van der Waals surface area contributed by atoms with E-state index >= 15 is 0 Å². The Hall–Kier alpha value is -1.80. The van der Waals surface area contributed by atoms with Crippen LogP contribution in [-0.2, 0) is 19.1 Å². The Morgan fingerprint density at radius 3 is 2.66 bits per heavy atom. The molecular formula is C24H36N2O5S. The number of hydrogen-bond donors (Lipinski definition) is 1. The molecule has 0 saturated carbocycles. The van der Waals surface area contributed by atoms with Crippen molar-refractivity contribution in [3.8, 4) is 0 Å². The van der Waals surface area contributed by atoms with E-state index in [1.54, 1.807) is 40.6 Å². The number of allylic oxidation sites excluding steroid dienone is 1.